The van der Waals surface area contributed by atoms with Gasteiger partial charge in [0.1, 0.15) is 0 Å². The van der Waals surface area contributed by atoms with E-state index < -0.39 is 32.3 Å². The van der Waals surface area contributed by atoms with Crippen LogP contribution >= 0.6 is 0 Å². The summed E-state index contributed by atoms with van der Waals surface area (Å²) in [7, 11) is -8.70. The van der Waals surface area contributed by atoms with E-state index in [1.165, 1.54) is 60.4 Å². The maximum Gasteiger partial charge on any atom is 0.240 e. The second kappa shape index (κ2) is 16.6. The van der Waals surface area contributed by atoms with Crippen LogP contribution in [0, 0.1) is 0 Å². The Bertz CT molecular complexity index is 3920. The van der Waals surface area contributed by atoms with Gasteiger partial charge in [0, 0.05) is 27.1 Å². The smallest absolute Gasteiger partial charge is 0.240 e. The first-order chi connectivity index (χ1) is 37.1. The average Bonchev–Trinajstić information content (AvgIpc) is 4.27. The van der Waals surface area contributed by atoms with Crippen molar-refractivity contribution in [2.24, 2.45) is 0 Å². The van der Waals surface area contributed by atoms with E-state index in [4.69, 9.17) is 15.0 Å². The van der Waals surface area contributed by atoms with Crippen molar-refractivity contribution in [1.29, 1.82) is 0 Å². The fraction of sp³-hybridized carbons (Fsp3) is 0.261. The Balaban J connectivity index is 1.10. The maximum atomic E-state index is 5.66. The normalized spacial score (nSPS) is 18.2. The molecule has 0 bridgehead atoms. The van der Waals surface area contributed by atoms with Gasteiger partial charge in [0.15, 0.2) is 13.9 Å². The number of hydrogen-bond acceptors (Lipinski definition) is 3. The van der Waals surface area contributed by atoms with E-state index in [2.05, 4.69) is 266 Å². The molecule has 5 nitrogen and oxygen atoms in total. The number of rotatable bonds is 7. The lowest BCUT2D eigenvalue weighted by Crippen LogP contribution is -2.76. The highest BCUT2D eigenvalue weighted by molar-refractivity contribution is 7.20. The van der Waals surface area contributed by atoms with Gasteiger partial charge in [-0.25, -0.2) is 0 Å². The molecule has 0 N–H and O–H groups in total. The number of hydrogen-bond donors (Lipinski definition) is 0. The molecule has 0 atom stereocenters. The van der Waals surface area contributed by atoms with Gasteiger partial charge in [-0.15, -0.1) is 0 Å². The Hall–Kier alpha value is -6.76. The molecule has 3 aromatic heterocycles. The van der Waals surface area contributed by atoms with E-state index in [0.29, 0.717) is 17.7 Å². The number of benzene rings is 8. The summed E-state index contributed by atoms with van der Waals surface area (Å²) in [5.74, 6) is 1.85. The lowest BCUT2D eigenvalue weighted by molar-refractivity contribution is 0.598. The molecular formula is C69H71N5Si4. The van der Waals surface area contributed by atoms with Crippen LogP contribution in [0.25, 0.3) is 66.9 Å². The zero-order valence-electron chi connectivity index (χ0n) is 47.6. The van der Waals surface area contributed by atoms with Crippen molar-refractivity contribution in [1.82, 2.24) is 24.1 Å². The molecule has 0 saturated heterocycles. The van der Waals surface area contributed by atoms with Crippen LogP contribution in [0.2, 0.25) is 57.4 Å². The molecule has 0 fully saturated rings. The fourth-order valence-corrected chi connectivity index (χ4v) is 34.6. The summed E-state index contributed by atoms with van der Waals surface area (Å²) in [5, 5.41) is 15.4. The molecule has 0 amide bonds. The van der Waals surface area contributed by atoms with E-state index in [9.17, 15) is 0 Å². The predicted molar refractivity (Wildman–Crippen MR) is 342 cm³/mol. The average molecular weight is 1080 g/mol. The third kappa shape index (κ3) is 7.16. The fourth-order valence-electron chi connectivity index (χ4n) is 16.5. The Morgan fingerprint density at radius 2 is 0.679 bits per heavy atom. The van der Waals surface area contributed by atoms with Crippen LogP contribution in [-0.4, -0.2) is 56.4 Å². The quantitative estimate of drug-likeness (QED) is 0.118. The molecule has 0 radical (unpaired) electrons. The van der Waals surface area contributed by atoms with Gasteiger partial charge >= 0.3 is 0 Å². The molecule has 11 aromatic rings. The largest absolute Gasteiger partial charge is 0.278 e. The minimum Gasteiger partial charge on any atom is -0.278 e. The number of aromatic nitrogens is 5. The molecule has 9 heteroatoms. The van der Waals surface area contributed by atoms with Gasteiger partial charge in [0.05, 0.1) is 46.3 Å². The van der Waals surface area contributed by atoms with E-state index in [-0.39, 0.29) is 16.2 Å². The van der Waals surface area contributed by atoms with Crippen LogP contribution in [0.15, 0.2) is 176 Å². The van der Waals surface area contributed by atoms with Crippen LogP contribution in [0.3, 0.4) is 0 Å². The highest BCUT2D eigenvalue weighted by Crippen LogP contribution is 2.43. The summed E-state index contributed by atoms with van der Waals surface area (Å²) in [6.45, 7) is 30.6. The summed E-state index contributed by atoms with van der Waals surface area (Å²) in [5.41, 5.74) is 10.3. The van der Waals surface area contributed by atoms with Crippen molar-refractivity contribution >= 4 is 112 Å². The van der Waals surface area contributed by atoms with Crippen LogP contribution < -0.4 is 36.3 Å². The minimum absolute atomic E-state index is 0.137. The summed E-state index contributed by atoms with van der Waals surface area (Å²) in [6.07, 6.45) is 0. The number of para-hydroxylation sites is 4. The molecular weight excluding hydrogens is 1010 g/mol. The second-order valence-electron chi connectivity index (χ2n) is 27.4. The van der Waals surface area contributed by atoms with Gasteiger partial charge in [-0.2, -0.15) is 15.0 Å². The molecule has 0 saturated carbocycles. The van der Waals surface area contributed by atoms with Crippen LogP contribution in [0.4, 0.5) is 0 Å². The van der Waals surface area contributed by atoms with Gasteiger partial charge < -0.3 is 0 Å². The topological polar surface area (TPSA) is 48.5 Å². The van der Waals surface area contributed by atoms with Crippen LogP contribution in [0.5, 0.6) is 0 Å². The Kier molecular flexibility index (Phi) is 10.6. The van der Waals surface area contributed by atoms with E-state index >= 15 is 0 Å². The molecule has 78 heavy (non-hydrogen) atoms. The summed E-state index contributed by atoms with van der Waals surface area (Å²) in [6, 6.07) is 71.8. The Labute approximate surface area is 464 Å². The lowest BCUT2D eigenvalue weighted by atomic mass is 9.87. The zero-order valence-corrected chi connectivity index (χ0v) is 51.6. The molecule has 8 aromatic carbocycles. The van der Waals surface area contributed by atoms with Gasteiger partial charge in [-0.05, 0) is 96.1 Å². The zero-order chi connectivity index (χ0) is 54.1. The molecule has 0 aliphatic carbocycles. The Morgan fingerprint density at radius 3 is 1.03 bits per heavy atom. The first-order valence-electron chi connectivity index (χ1n) is 28.4. The van der Waals surface area contributed by atoms with E-state index in [1.807, 2.05) is 0 Å². The van der Waals surface area contributed by atoms with E-state index in [1.54, 1.807) is 32.3 Å². The molecule has 388 valence electrons. The first-order valence-corrected chi connectivity index (χ1v) is 40.0. The third-order valence-corrected chi connectivity index (χ3v) is 34.7. The van der Waals surface area contributed by atoms with Crippen molar-refractivity contribution in [2.75, 3.05) is 0 Å². The van der Waals surface area contributed by atoms with Gasteiger partial charge in [0.2, 0.25) is 11.9 Å². The molecule has 3 aliphatic heterocycles. The second-order valence-corrected chi connectivity index (χ2v) is 45.2. The Morgan fingerprint density at radius 1 is 0.359 bits per heavy atom. The molecule has 6 heterocycles. The standard InChI is InChI=1S/C69H71N5Si4/c1-67(2)42-75(7,8)61-39-47(32-35-54(61)67)78(48-33-36-55-62(40-48)76(9,10)43-68(55,3)4,49-34-37-56-63(41-49)77(11,12)44-69(56,5)6)46-23-21-22-45(38-46)64-70-65(73-57-28-17-13-24-50(57)51-25-14-18-29-58(51)73)72-66(71-64)74-59-30-19-15-26-52(59)53-27-16-20-31-60(53)74/h13-41H,42-44H2,1-12H3. The summed E-state index contributed by atoms with van der Waals surface area (Å²) < 4.78 is 4.51. The van der Waals surface area contributed by atoms with E-state index in [0.717, 1.165) is 27.6 Å². The molecule has 3 aliphatic rings. The minimum atomic E-state index is -3.21. The van der Waals surface area contributed by atoms with Crippen molar-refractivity contribution in [2.45, 2.75) is 115 Å². The van der Waals surface area contributed by atoms with Crippen molar-refractivity contribution in [3.63, 3.8) is 0 Å². The van der Waals surface area contributed by atoms with Crippen molar-refractivity contribution in [3.05, 3.63) is 193 Å². The predicted octanol–water partition coefficient (Wildman–Crippen LogP) is 12.7. The highest BCUT2D eigenvalue weighted by atomic mass is 28.3. The summed E-state index contributed by atoms with van der Waals surface area (Å²) >= 11 is 0. The van der Waals surface area contributed by atoms with Crippen LogP contribution in [0.1, 0.15) is 58.2 Å². The molecule has 0 unspecified atom stereocenters. The molecule has 0 spiro atoms. The van der Waals surface area contributed by atoms with Gasteiger partial charge in [0.25, 0.3) is 0 Å². The number of nitrogens with zero attached hydrogens (tertiary/aromatic N) is 5. The number of fused-ring (bicyclic) bond motifs is 9. The monoisotopic (exact) mass is 1080 g/mol. The molecule has 14 rings (SSSR count). The third-order valence-electron chi connectivity index (χ3n) is 19.1. The maximum absolute atomic E-state index is 5.66. The lowest BCUT2D eigenvalue weighted by Gasteiger charge is -2.37. The van der Waals surface area contributed by atoms with Gasteiger partial charge in [-0.3, -0.25) is 9.13 Å². The first kappa shape index (κ1) is 49.5. The highest BCUT2D eigenvalue weighted by Gasteiger charge is 2.51. The van der Waals surface area contributed by atoms with Crippen LogP contribution in [-0.2, 0) is 16.2 Å². The van der Waals surface area contributed by atoms with Crippen molar-refractivity contribution < 1.29 is 0 Å². The SMILES string of the molecule is CC1(C)C[Si](C)(C)c2cc([Si](c3cccc(-c4nc(-n5c6ccccc6c6ccccc65)nc(-n5c6ccccc6c6ccccc65)n4)c3)(c3ccc4c(c3)[Si](C)(C)CC4(C)C)c3ccc4c(c3)[Si](C)(C)CC4(C)C)ccc21. The van der Waals surface area contributed by atoms with Gasteiger partial charge in [-0.1, -0.05) is 248 Å². The van der Waals surface area contributed by atoms with Crippen molar-refractivity contribution in [3.8, 4) is 23.3 Å². The summed E-state index contributed by atoms with van der Waals surface area (Å²) in [4.78, 5) is 16.9.